The highest BCUT2D eigenvalue weighted by Gasteiger charge is 2.03. The molecule has 0 radical (unpaired) electrons. The molecule has 0 fully saturated rings. The minimum atomic E-state index is 0.819. The zero-order chi connectivity index (χ0) is 14.4. The minimum Gasteiger partial charge on any atom is -0.313 e. The van der Waals surface area contributed by atoms with E-state index in [0.29, 0.717) is 0 Å². The monoisotopic (exact) mass is 288 g/mol. The van der Waals surface area contributed by atoms with Crippen molar-refractivity contribution in [3.63, 3.8) is 0 Å². The van der Waals surface area contributed by atoms with Gasteiger partial charge in [-0.25, -0.2) is 0 Å². The van der Waals surface area contributed by atoms with E-state index in [1.807, 2.05) is 12.3 Å². The number of benzene rings is 1. The summed E-state index contributed by atoms with van der Waals surface area (Å²) in [6, 6.07) is 10.5. The lowest BCUT2D eigenvalue weighted by Gasteiger charge is -2.08. The van der Waals surface area contributed by atoms with Gasteiger partial charge in [-0.05, 0) is 41.8 Å². The van der Waals surface area contributed by atoms with Gasteiger partial charge in [-0.3, -0.25) is 4.98 Å². The quantitative estimate of drug-likeness (QED) is 0.869. The molecule has 1 aromatic carbocycles. The van der Waals surface area contributed by atoms with Crippen molar-refractivity contribution in [3.05, 3.63) is 63.9 Å². The van der Waals surface area contributed by atoms with Gasteiger partial charge in [0, 0.05) is 29.9 Å². The number of pyridine rings is 1. The molecule has 0 spiro atoms. The third kappa shape index (κ3) is 4.06. The molecular weight excluding hydrogens is 268 g/mol. The van der Waals surface area contributed by atoms with E-state index in [-0.39, 0.29) is 0 Å². The zero-order valence-corrected chi connectivity index (χ0v) is 12.9. The normalized spacial score (nSPS) is 10.8. The molecule has 0 aliphatic heterocycles. The van der Waals surface area contributed by atoms with E-state index in [1.165, 1.54) is 11.1 Å². The SMILES string of the molecule is CCNCc1ccc(Cc2ccc(CC)cn2)cc1Cl. The highest BCUT2D eigenvalue weighted by molar-refractivity contribution is 6.31. The highest BCUT2D eigenvalue weighted by Crippen LogP contribution is 2.19. The summed E-state index contributed by atoms with van der Waals surface area (Å²) >= 11 is 6.32. The van der Waals surface area contributed by atoms with Gasteiger partial charge in [0.1, 0.15) is 0 Å². The number of aryl methyl sites for hydroxylation is 1. The summed E-state index contributed by atoms with van der Waals surface area (Å²) in [6.45, 7) is 6.00. The van der Waals surface area contributed by atoms with Gasteiger partial charge >= 0.3 is 0 Å². The lowest BCUT2D eigenvalue weighted by atomic mass is 10.1. The molecule has 0 bridgehead atoms. The minimum absolute atomic E-state index is 0.819. The van der Waals surface area contributed by atoms with E-state index in [9.17, 15) is 0 Å². The Morgan fingerprint density at radius 2 is 1.90 bits per heavy atom. The van der Waals surface area contributed by atoms with Gasteiger partial charge in [0.05, 0.1) is 0 Å². The van der Waals surface area contributed by atoms with Crippen molar-refractivity contribution in [2.24, 2.45) is 0 Å². The Morgan fingerprint density at radius 3 is 2.50 bits per heavy atom. The molecule has 0 atom stereocenters. The van der Waals surface area contributed by atoms with Gasteiger partial charge in [-0.15, -0.1) is 0 Å². The molecule has 0 aliphatic rings. The number of nitrogens with one attached hydrogen (secondary N) is 1. The molecule has 2 nitrogen and oxygen atoms in total. The van der Waals surface area contributed by atoms with Gasteiger partial charge in [0.25, 0.3) is 0 Å². The Hall–Kier alpha value is -1.38. The van der Waals surface area contributed by atoms with Crippen LogP contribution in [-0.4, -0.2) is 11.5 Å². The molecule has 0 amide bonds. The molecule has 0 saturated carbocycles. The first-order valence-electron chi connectivity index (χ1n) is 7.14. The Balaban J connectivity index is 2.07. The second-order valence-electron chi connectivity index (χ2n) is 4.89. The van der Waals surface area contributed by atoms with Crippen LogP contribution in [0.5, 0.6) is 0 Å². The topological polar surface area (TPSA) is 24.9 Å². The summed E-state index contributed by atoms with van der Waals surface area (Å²) in [5.74, 6) is 0. The maximum absolute atomic E-state index is 6.32. The lowest BCUT2D eigenvalue weighted by Crippen LogP contribution is -2.12. The standard InChI is InChI=1S/C17H21ClN2/c1-3-13-6-8-16(20-11-13)9-14-5-7-15(12-19-4-2)17(18)10-14/h5-8,10-11,19H,3-4,9,12H2,1-2H3. The molecule has 0 saturated heterocycles. The number of rotatable bonds is 6. The highest BCUT2D eigenvalue weighted by atomic mass is 35.5. The second kappa shape index (κ2) is 7.41. The molecule has 1 heterocycles. The van der Waals surface area contributed by atoms with Crippen LogP contribution < -0.4 is 5.32 Å². The first-order valence-corrected chi connectivity index (χ1v) is 7.52. The molecule has 0 aliphatic carbocycles. The van der Waals surface area contributed by atoms with Gasteiger partial charge in [0.2, 0.25) is 0 Å². The molecule has 20 heavy (non-hydrogen) atoms. The largest absolute Gasteiger partial charge is 0.313 e. The Kier molecular flexibility index (Phi) is 5.57. The summed E-state index contributed by atoms with van der Waals surface area (Å²) < 4.78 is 0. The van der Waals surface area contributed by atoms with Crippen LogP contribution in [0.1, 0.15) is 36.2 Å². The number of hydrogen-bond donors (Lipinski definition) is 1. The fourth-order valence-corrected chi connectivity index (χ4v) is 2.35. The molecule has 106 valence electrons. The number of hydrogen-bond acceptors (Lipinski definition) is 2. The summed E-state index contributed by atoms with van der Waals surface area (Å²) in [4.78, 5) is 4.49. The number of nitrogens with zero attached hydrogens (tertiary/aromatic N) is 1. The van der Waals surface area contributed by atoms with Crippen LogP contribution in [0, 0.1) is 0 Å². The average molecular weight is 289 g/mol. The molecule has 3 heteroatoms. The predicted molar refractivity (Wildman–Crippen MR) is 85.3 cm³/mol. The second-order valence-corrected chi connectivity index (χ2v) is 5.30. The van der Waals surface area contributed by atoms with Crippen molar-refractivity contribution in [3.8, 4) is 0 Å². The van der Waals surface area contributed by atoms with Crippen molar-refractivity contribution in [1.29, 1.82) is 0 Å². The number of halogens is 1. The molecule has 1 N–H and O–H groups in total. The van der Waals surface area contributed by atoms with E-state index in [2.05, 4.69) is 48.4 Å². The molecule has 0 unspecified atom stereocenters. The predicted octanol–water partition coefficient (Wildman–Crippen LogP) is 4.00. The van der Waals surface area contributed by atoms with Crippen LogP contribution in [0.2, 0.25) is 5.02 Å². The third-order valence-electron chi connectivity index (χ3n) is 3.36. The van der Waals surface area contributed by atoms with Gasteiger partial charge in [-0.1, -0.05) is 43.6 Å². The van der Waals surface area contributed by atoms with Crippen LogP contribution in [0.25, 0.3) is 0 Å². The Labute approximate surface area is 126 Å². The zero-order valence-electron chi connectivity index (χ0n) is 12.1. The molecular formula is C17H21ClN2. The smallest absolute Gasteiger partial charge is 0.0453 e. The maximum Gasteiger partial charge on any atom is 0.0453 e. The molecule has 2 rings (SSSR count). The summed E-state index contributed by atoms with van der Waals surface area (Å²) in [6.07, 6.45) is 3.81. The van der Waals surface area contributed by atoms with E-state index in [4.69, 9.17) is 11.6 Å². The van der Waals surface area contributed by atoms with Gasteiger partial charge in [0.15, 0.2) is 0 Å². The van der Waals surface area contributed by atoms with Crippen molar-refractivity contribution in [2.45, 2.75) is 33.2 Å². The maximum atomic E-state index is 6.32. The third-order valence-corrected chi connectivity index (χ3v) is 3.71. The summed E-state index contributed by atoms with van der Waals surface area (Å²) in [5.41, 5.74) is 4.70. The first kappa shape index (κ1) is 15.0. The van der Waals surface area contributed by atoms with Crippen molar-refractivity contribution >= 4 is 11.6 Å². The average Bonchev–Trinajstić information content (AvgIpc) is 2.47. The van der Waals surface area contributed by atoms with Crippen LogP contribution >= 0.6 is 11.6 Å². The van der Waals surface area contributed by atoms with E-state index in [1.54, 1.807) is 0 Å². The Morgan fingerprint density at radius 1 is 1.10 bits per heavy atom. The van der Waals surface area contributed by atoms with Crippen LogP contribution in [0.15, 0.2) is 36.5 Å². The lowest BCUT2D eigenvalue weighted by molar-refractivity contribution is 0.726. The van der Waals surface area contributed by atoms with E-state index in [0.717, 1.165) is 42.2 Å². The van der Waals surface area contributed by atoms with Crippen molar-refractivity contribution < 1.29 is 0 Å². The number of aromatic nitrogens is 1. The molecule has 2 aromatic rings. The fourth-order valence-electron chi connectivity index (χ4n) is 2.08. The van der Waals surface area contributed by atoms with Crippen molar-refractivity contribution in [2.75, 3.05) is 6.54 Å². The van der Waals surface area contributed by atoms with E-state index >= 15 is 0 Å². The summed E-state index contributed by atoms with van der Waals surface area (Å²) in [5, 5.41) is 4.12. The van der Waals surface area contributed by atoms with Crippen LogP contribution in [-0.2, 0) is 19.4 Å². The van der Waals surface area contributed by atoms with Crippen LogP contribution in [0.3, 0.4) is 0 Å². The van der Waals surface area contributed by atoms with Gasteiger partial charge < -0.3 is 5.32 Å². The first-order chi connectivity index (χ1) is 9.72. The van der Waals surface area contributed by atoms with Gasteiger partial charge in [-0.2, -0.15) is 0 Å². The van der Waals surface area contributed by atoms with Crippen LogP contribution in [0.4, 0.5) is 0 Å². The molecule has 1 aromatic heterocycles. The van der Waals surface area contributed by atoms with Crippen molar-refractivity contribution in [1.82, 2.24) is 10.3 Å². The summed E-state index contributed by atoms with van der Waals surface area (Å²) in [7, 11) is 0. The van der Waals surface area contributed by atoms with E-state index < -0.39 is 0 Å². The Bertz CT molecular complexity index is 549. The fraction of sp³-hybridized carbons (Fsp3) is 0.353.